The van der Waals surface area contributed by atoms with Crippen molar-refractivity contribution in [2.24, 2.45) is 0 Å². The molecule has 0 saturated heterocycles. The van der Waals surface area contributed by atoms with Gasteiger partial charge in [-0.05, 0) is 30.7 Å². The molecule has 0 bridgehead atoms. The van der Waals surface area contributed by atoms with Crippen molar-refractivity contribution in [2.45, 2.75) is 6.92 Å². The molecule has 2 aromatic rings. The summed E-state index contributed by atoms with van der Waals surface area (Å²) in [4.78, 5) is 0. The van der Waals surface area contributed by atoms with E-state index in [0.29, 0.717) is 11.4 Å². The van der Waals surface area contributed by atoms with Gasteiger partial charge in [0.2, 0.25) is 5.82 Å². The topological polar surface area (TPSA) is 35.2 Å². The largest absolute Gasteiger partial charge is 0.452 e. The predicted octanol–water partition coefficient (Wildman–Crippen LogP) is 3.65. The highest BCUT2D eigenvalue weighted by molar-refractivity contribution is 5.57. The van der Waals surface area contributed by atoms with E-state index in [0.717, 1.165) is 11.6 Å². The number of para-hydroxylation sites is 1. The van der Waals surface area contributed by atoms with Crippen LogP contribution in [-0.4, -0.2) is 0 Å². The highest BCUT2D eigenvalue weighted by Gasteiger charge is 2.12. The van der Waals surface area contributed by atoms with Crippen LogP contribution in [-0.2, 0) is 0 Å². The van der Waals surface area contributed by atoms with Gasteiger partial charge in [0.05, 0.1) is 5.69 Å². The van der Waals surface area contributed by atoms with Crippen molar-refractivity contribution in [1.82, 2.24) is 0 Å². The molecule has 0 aliphatic heterocycles. The van der Waals surface area contributed by atoms with E-state index in [-0.39, 0.29) is 5.75 Å². The van der Waals surface area contributed by atoms with Crippen molar-refractivity contribution in [3.8, 4) is 11.5 Å². The summed E-state index contributed by atoms with van der Waals surface area (Å²) in [6.07, 6.45) is 0. The first-order chi connectivity index (χ1) is 8.09. The molecule has 88 valence electrons. The summed E-state index contributed by atoms with van der Waals surface area (Å²) in [5.41, 5.74) is 6.86. The quantitative estimate of drug-likeness (QED) is 0.806. The van der Waals surface area contributed by atoms with E-state index >= 15 is 0 Å². The maximum Gasteiger partial charge on any atom is 0.201 e. The number of ether oxygens (including phenoxy) is 1. The number of anilines is 1. The maximum absolute atomic E-state index is 13.4. The van der Waals surface area contributed by atoms with Crippen LogP contribution in [0.15, 0.2) is 36.4 Å². The van der Waals surface area contributed by atoms with Crippen LogP contribution in [0.4, 0.5) is 14.5 Å². The highest BCUT2D eigenvalue weighted by atomic mass is 19.2. The zero-order chi connectivity index (χ0) is 12.4. The molecule has 2 N–H and O–H groups in total. The van der Waals surface area contributed by atoms with Gasteiger partial charge in [-0.25, -0.2) is 4.39 Å². The predicted molar refractivity (Wildman–Crippen MR) is 62.0 cm³/mol. The Morgan fingerprint density at radius 1 is 1.06 bits per heavy atom. The minimum absolute atomic E-state index is 0.175. The van der Waals surface area contributed by atoms with Crippen molar-refractivity contribution < 1.29 is 13.5 Å². The first-order valence-corrected chi connectivity index (χ1v) is 5.06. The number of halogens is 2. The van der Waals surface area contributed by atoms with Crippen molar-refractivity contribution in [3.05, 3.63) is 53.6 Å². The monoisotopic (exact) mass is 235 g/mol. The molecule has 2 nitrogen and oxygen atoms in total. The molecular formula is C13H11F2NO. The summed E-state index contributed by atoms with van der Waals surface area (Å²) in [6.45, 7) is 1.78. The number of aryl methyl sites for hydroxylation is 1. The number of hydrogen-bond donors (Lipinski definition) is 1. The SMILES string of the molecule is Cc1cccc(N)c1Oc1cccc(F)c1F. The van der Waals surface area contributed by atoms with Gasteiger partial charge in [-0.3, -0.25) is 0 Å². The Kier molecular flexibility index (Phi) is 2.95. The van der Waals surface area contributed by atoms with Crippen LogP contribution in [0.2, 0.25) is 0 Å². The highest BCUT2D eigenvalue weighted by Crippen LogP contribution is 2.32. The summed E-state index contributed by atoms with van der Waals surface area (Å²) < 4.78 is 31.7. The third-order valence-electron chi connectivity index (χ3n) is 2.37. The summed E-state index contributed by atoms with van der Waals surface area (Å²) in [5.74, 6) is -1.80. The Hall–Kier alpha value is -2.10. The van der Waals surface area contributed by atoms with Gasteiger partial charge in [0.1, 0.15) is 0 Å². The average molecular weight is 235 g/mol. The van der Waals surface area contributed by atoms with Crippen molar-refractivity contribution in [2.75, 3.05) is 5.73 Å². The van der Waals surface area contributed by atoms with Crippen LogP contribution in [0.3, 0.4) is 0 Å². The van der Waals surface area contributed by atoms with E-state index in [2.05, 4.69) is 0 Å². The molecule has 0 spiro atoms. The molecule has 0 heterocycles. The lowest BCUT2D eigenvalue weighted by atomic mass is 10.2. The number of nitrogens with two attached hydrogens (primary N) is 1. The molecule has 0 fully saturated rings. The maximum atomic E-state index is 13.4. The van der Waals surface area contributed by atoms with E-state index in [1.54, 1.807) is 25.1 Å². The lowest BCUT2D eigenvalue weighted by Gasteiger charge is -2.11. The van der Waals surface area contributed by atoms with Crippen LogP contribution in [0.1, 0.15) is 5.56 Å². The fourth-order valence-electron chi connectivity index (χ4n) is 1.49. The molecule has 0 saturated carbocycles. The van der Waals surface area contributed by atoms with Crippen molar-refractivity contribution in [1.29, 1.82) is 0 Å². The normalized spacial score (nSPS) is 10.3. The van der Waals surface area contributed by atoms with Crippen LogP contribution in [0.5, 0.6) is 11.5 Å². The van der Waals surface area contributed by atoms with Crippen molar-refractivity contribution in [3.63, 3.8) is 0 Å². The van der Waals surface area contributed by atoms with Gasteiger partial charge in [-0.15, -0.1) is 0 Å². The van der Waals surface area contributed by atoms with Gasteiger partial charge >= 0.3 is 0 Å². The summed E-state index contributed by atoms with van der Waals surface area (Å²) >= 11 is 0. The van der Waals surface area contributed by atoms with E-state index < -0.39 is 11.6 Å². The van der Waals surface area contributed by atoms with Crippen molar-refractivity contribution >= 4 is 5.69 Å². The van der Waals surface area contributed by atoms with Crippen LogP contribution in [0.25, 0.3) is 0 Å². The molecule has 0 aromatic heterocycles. The number of rotatable bonds is 2. The third-order valence-corrected chi connectivity index (χ3v) is 2.37. The number of nitrogen functional groups attached to an aromatic ring is 1. The van der Waals surface area contributed by atoms with E-state index in [4.69, 9.17) is 10.5 Å². The Labute approximate surface area is 97.6 Å². The van der Waals surface area contributed by atoms with Gasteiger partial charge in [0.25, 0.3) is 0 Å². The zero-order valence-electron chi connectivity index (χ0n) is 9.21. The third kappa shape index (κ3) is 2.20. The van der Waals surface area contributed by atoms with Gasteiger partial charge in [0, 0.05) is 0 Å². The molecule has 2 rings (SSSR count). The number of benzene rings is 2. The summed E-state index contributed by atoms with van der Waals surface area (Å²) in [7, 11) is 0. The van der Waals surface area contributed by atoms with E-state index in [9.17, 15) is 8.78 Å². The summed E-state index contributed by atoms with van der Waals surface area (Å²) in [5, 5.41) is 0. The van der Waals surface area contributed by atoms with Crippen LogP contribution < -0.4 is 10.5 Å². The molecule has 0 amide bonds. The molecule has 2 aromatic carbocycles. The molecule has 0 aliphatic carbocycles. The fourth-order valence-corrected chi connectivity index (χ4v) is 1.49. The first-order valence-electron chi connectivity index (χ1n) is 5.06. The second-order valence-corrected chi connectivity index (χ2v) is 3.65. The van der Waals surface area contributed by atoms with E-state index in [1.165, 1.54) is 12.1 Å². The molecular weight excluding hydrogens is 224 g/mol. The Bertz CT molecular complexity index is 535. The molecule has 0 aliphatic rings. The lowest BCUT2D eigenvalue weighted by Crippen LogP contribution is -1.97. The molecule has 0 unspecified atom stereocenters. The smallest absolute Gasteiger partial charge is 0.201 e. The van der Waals surface area contributed by atoms with E-state index in [1.807, 2.05) is 0 Å². The fraction of sp³-hybridized carbons (Fsp3) is 0.0769. The lowest BCUT2D eigenvalue weighted by molar-refractivity contribution is 0.415. The summed E-state index contributed by atoms with van der Waals surface area (Å²) in [6, 6.07) is 8.94. The van der Waals surface area contributed by atoms with Gasteiger partial charge in [0.15, 0.2) is 17.3 Å². The van der Waals surface area contributed by atoms with Gasteiger partial charge in [-0.1, -0.05) is 18.2 Å². The Morgan fingerprint density at radius 3 is 2.47 bits per heavy atom. The van der Waals surface area contributed by atoms with Crippen LogP contribution >= 0.6 is 0 Å². The van der Waals surface area contributed by atoms with Crippen LogP contribution in [0, 0.1) is 18.6 Å². The standard InChI is InChI=1S/C13H11F2NO/c1-8-4-2-6-10(16)13(8)17-11-7-3-5-9(14)12(11)15/h2-7H,16H2,1H3. The second kappa shape index (κ2) is 4.41. The Balaban J connectivity index is 2.42. The minimum atomic E-state index is -1.02. The molecule has 4 heteroatoms. The van der Waals surface area contributed by atoms with Gasteiger partial charge < -0.3 is 10.5 Å². The van der Waals surface area contributed by atoms with Gasteiger partial charge in [-0.2, -0.15) is 4.39 Å². The molecule has 17 heavy (non-hydrogen) atoms. The first kappa shape index (κ1) is 11.4. The minimum Gasteiger partial charge on any atom is -0.452 e. The number of hydrogen-bond acceptors (Lipinski definition) is 2. The molecule has 0 radical (unpaired) electrons. The Morgan fingerprint density at radius 2 is 1.76 bits per heavy atom. The molecule has 0 atom stereocenters. The zero-order valence-corrected chi connectivity index (χ0v) is 9.21. The second-order valence-electron chi connectivity index (χ2n) is 3.65. The average Bonchev–Trinajstić information content (AvgIpc) is 2.29.